The van der Waals surface area contributed by atoms with Gasteiger partial charge in [-0.15, -0.1) is 0 Å². The summed E-state index contributed by atoms with van der Waals surface area (Å²) in [5, 5.41) is 152. The van der Waals surface area contributed by atoms with Crippen molar-refractivity contribution in [3.05, 3.63) is 23.8 Å². The van der Waals surface area contributed by atoms with Gasteiger partial charge in [0.25, 0.3) is 0 Å². The number of hydrogen-bond acceptors (Lipinski definition) is 23. The number of aliphatic hydroxyl groups is 14. The molecule has 23 nitrogen and oxygen atoms in total. The highest BCUT2D eigenvalue weighted by molar-refractivity contribution is 5.85. The summed E-state index contributed by atoms with van der Waals surface area (Å²) in [6.07, 6.45) is -29.4. The summed E-state index contributed by atoms with van der Waals surface area (Å²) < 4.78 is 47.7. The Bertz CT molecular complexity index is 1940. The Morgan fingerprint density at radius 1 is 0.689 bits per heavy atom. The molecule has 0 spiro atoms. The van der Waals surface area contributed by atoms with E-state index in [2.05, 4.69) is 34.3 Å². The molecule has 0 aromatic carbocycles. The average molecular weight is 1060 g/mol. The molecule has 0 amide bonds. The molecule has 3 saturated carbocycles. The summed E-state index contributed by atoms with van der Waals surface area (Å²) >= 11 is 0. The molecule has 0 aromatic heterocycles. The zero-order valence-electron chi connectivity index (χ0n) is 42.5. The van der Waals surface area contributed by atoms with Crippen LogP contribution in [0, 0.1) is 46.3 Å². The van der Waals surface area contributed by atoms with Crippen molar-refractivity contribution in [2.75, 3.05) is 33.0 Å². The number of ketones is 1. The first kappa shape index (κ1) is 58.4. The molecule has 8 aliphatic rings. The lowest BCUT2D eigenvalue weighted by molar-refractivity contribution is -0.397. The van der Waals surface area contributed by atoms with Crippen LogP contribution in [-0.4, -0.2) is 239 Å². The van der Waals surface area contributed by atoms with Crippen LogP contribution in [-0.2, 0) is 42.7 Å². The Morgan fingerprint density at radius 3 is 1.84 bits per heavy atom. The maximum Gasteiger partial charge on any atom is 0.187 e. The molecule has 23 heteroatoms. The van der Waals surface area contributed by atoms with Gasteiger partial charge in [0.2, 0.25) is 0 Å². The minimum atomic E-state index is -1.98. The predicted molar refractivity (Wildman–Crippen MR) is 251 cm³/mol. The van der Waals surface area contributed by atoms with E-state index in [1.54, 1.807) is 0 Å². The van der Waals surface area contributed by atoms with Gasteiger partial charge in [0.05, 0.1) is 32.5 Å². The molecular weight excluding hydrogens is 981 g/mol. The first-order valence-electron chi connectivity index (χ1n) is 26.4. The fraction of sp³-hybridized carbons (Fsp3) is 0.902. The van der Waals surface area contributed by atoms with Crippen molar-refractivity contribution in [1.29, 1.82) is 0 Å². The summed E-state index contributed by atoms with van der Waals surface area (Å²) in [6.45, 7) is 9.62. The van der Waals surface area contributed by atoms with E-state index in [-0.39, 0.29) is 53.8 Å². The number of Topliss-reactive ketones (excluding diaryl/α,β-unsaturated/α-hetero) is 1. The Labute approximate surface area is 430 Å². The normalized spacial score (nSPS) is 50.2. The van der Waals surface area contributed by atoms with E-state index in [0.29, 0.717) is 25.2 Å². The summed E-state index contributed by atoms with van der Waals surface area (Å²) in [6, 6.07) is 0. The third kappa shape index (κ3) is 10.7. The number of rotatable bonds is 17. The number of hydrogen-bond donors (Lipinski definition) is 14. The first-order chi connectivity index (χ1) is 35.0. The summed E-state index contributed by atoms with van der Waals surface area (Å²) in [5.74, 6) is 0.368. The van der Waals surface area contributed by atoms with Gasteiger partial charge < -0.3 is 109 Å². The summed E-state index contributed by atoms with van der Waals surface area (Å²) in [5.41, 5.74) is 0.997. The van der Waals surface area contributed by atoms with Gasteiger partial charge in [0.1, 0.15) is 103 Å². The molecule has 424 valence electrons. The van der Waals surface area contributed by atoms with E-state index in [4.69, 9.17) is 37.9 Å². The Morgan fingerprint density at radius 2 is 1.26 bits per heavy atom. The van der Waals surface area contributed by atoms with E-state index in [1.165, 1.54) is 0 Å². The van der Waals surface area contributed by atoms with Crippen molar-refractivity contribution < 1.29 is 114 Å². The number of allylic oxidation sites excluding steroid dienone is 2. The molecule has 0 radical (unpaired) electrons. The zero-order valence-corrected chi connectivity index (χ0v) is 42.5. The average Bonchev–Trinajstić information content (AvgIpc) is 3.65. The number of carbonyl (C=O) groups is 1. The molecule has 0 aromatic rings. The molecule has 8 rings (SSSR count). The third-order valence-electron chi connectivity index (χ3n) is 18.5. The van der Waals surface area contributed by atoms with E-state index in [9.17, 15) is 76.3 Å². The van der Waals surface area contributed by atoms with Crippen LogP contribution in [0.4, 0.5) is 0 Å². The molecule has 4 aliphatic carbocycles. The van der Waals surface area contributed by atoms with Gasteiger partial charge >= 0.3 is 0 Å². The molecule has 4 heterocycles. The lowest BCUT2D eigenvalue weighted by atomic mass is 9.46. The van der Waals surface area contributed by atoms with E-state index >= 15 is 0 Å². The van der Waals surface area contributed by atoms with Crippen molar-refractivity contribution in [1.82, 2.24) is 0 Å². The van der Waals surface area contributed by atoms with Crippen molar-refractivity contribution in [2.24, 2.45) is 46.3 Å². The van der Waals surface area contributed by atoms with Gasteiger partial charge in [-0.3, -0.25) is 4.79 Å². The highest BCUT2D eigenvalue weighted by atomic mass is 16.8. The van der Waals surface area contributed by atoms with E-state index in [0.717, 1.165) is 36.8 Å². The van der Waals surface area contributed by atoms with Crippen molar-refractivity contribution >= 4 is 5.78 Å². The minimum absolute atomic E-state index is 0.00552. The van der Waals surface area contributed by atoms with Gasteiger partial charge in [0, 0.05) is 18.9 Å². The minimum Gasteiger partial charge on any atom is -0.396 e. The van der Waals surface area contributed by atoms with Gasteiger partial charge in [-0.05, 0) is 90.9 Å². The molecule has 28 atom stereocenters. The first-order valence-corrected chi connectivity index (χ1v) is 26.4. The van der Waals surface area contributed by atoms with E-state index in [1.807, 2.05) is 6.08 Å². The van der Waals surface area contributed by atoms with Crippen LogP contribution in [0.25, 0.3) is 0 Å². The van der Waals surface area contributed by atoms with Gasteiger partial charge in [0.15, 0.2) is 25.2 Å². The molecule has 74 heavy (non-hydrogen) atoms. The van der Waals surface area contributed by atoms with Crippen LogP contribution in [0.1, 0.15) is 79.1 Å². The summed E-state index contributed by atoms with van der Waals surface area (Å²) in [4.78, 5) is 14.2. The Kier molecular flexibility index (Phi) is 18.6. The van der Waals surface area contributed by atoms with Crippen LogP contribution in [0.3, 0.4) is 0 Å². The number of carbonyl (C=O) groups excluding carboxylic acids is 1. The number of ether oxygens (including phenoxy) is 8. The molecule has 14 N–H and O–H groups in total. The fourth-order valence-corrected chi connectivity index (χ4v) is 14.0. The molecule has 4 saturated heterocycles. The van der Waals surface area contributed by atoms with Crippen LogP contribution in [0.5, 0.6) is 0 Å². The molecule has 4 aliphatic heterocycles. The number of aliphatic hydroxyl groups excluding tert-OH is 14. The largest absolute Gasteiger partial charge is 0.396 e. The van der Waals surface area contributed by atoms with Gasteiger partial charge in [-0.25, -0.2) is 0 Å². The SMILES string of the molecule is C=C(CC[C@@H](CO)[C@H]1CC(=O)[C@H]2[C@@H]3CC=C4[C@@H](O)[C@@H](O[C@@H]5O[C@H](CO)[C@@H](O[C@@H]6O[C@H](CO)[C@H](O)[C@H](O)[C@H]6O)[C@H](O[C@@H]6OC[C@@H](O)[C@@H](O)[C@@H]6O[C@H]6O[C@H](CO)[C@H](O)[C@H](O)[C@H]6O)[C@H]5O)CC[C@]4(C)[C@H]3CC[C@]12C)C(C)C. The number of fused-ring (bicyclic) bond motifs is 5. The second-order valence-electron chi connectivity index (χ2n) is 23.0. The van der Waals surface area contributed by atoms with Crippen molar-refractivity contribution in [2.45, 2.75) is 208 Å². The fourth-order valence-electron chi connectivity index (χ4n) is 14.0. The quantitative estimate of drug-likeness (QED) is 0.0632. The highest BCUT2D eigenvalue weighted by Crippen LogP contribution is 2.66. The Hall–Kier alpha value is -1.73. The highest BCUT2D eigenvalue weighted by Gasteiger charge is 2.64. The lowest BCUT2D eigenvalue weighted by Gasteiger charge is -2.59. The zero-order chi connectivity index (χ0) is 53.9. The van der Waals surface area contributed by atoms with Gasteiger partial charge in [-0.2, -0.15) is 0 Å². The van der Waals surface area contributed by atoms with Crippen LogP contribution < -0.4 is 0 Å². The molecule has 0 unspecified atom stereocenters. The third-order valence-corrected chi connectivity index (χ3v) is 18.5. The topological polar surface area (TPSA) is 374 Å². The maximum absolute atomic E-state index is 14.2. The van der Waals surface area contributed by atoms with Crippen molar-refractivity contribution in [3.8, 4) is 0 Å². The smallest absolute Gasteiger partial charge is 0.187 e. The van der Waals surface area contributed by atoms with E-state index < -0.39 is 161 Å². The van der Waals surface area contributed by atoms with Gasteiger partial charge in [-0.1, -0.05) is 45.9 Å². The molecular formula is C51H82O23. The Balaban J connectivity index is 1.03. The lowest BCUT2D eigenvalue weighted by Crippen LogP contribution is -2.67. The molecule has 7 fully saturated rings. The second-order valence-corrected chi connectivity index (χ2v) is 23.0. The standard InChI is InChI=1S/C51H82O23/c1-20(2)21(3)6-7-22(15-52)26-14-27(56)33-23-8-9-25-34(58)29(11-13-50(25,4)24(23)10-12-51(26,33)5)68-48-42(66)44(43(32(18-55)71-48)72-46-40(64)38(62)36(60)30(16-53)69-46)73-49-45(35(59)28(57)19-67-49)74-47-41(65)39(63)37(61)31(17-54)70-47/h9,20,22-24,26,28-49,52-55,57-66H,3,6-8,10-19H2,1-2,4-5H3/t22-,23+,24-,26+,28+,29-,30+,31+,32+,33+,34+,35+,36-,37-,38-,39-,40+,41+,42+,43+,44+,45-,46-,47+,48+,49-,50+,51+/m0/s1. The predicted octanol–water partition coefficient (Wildman–Crippen LogP) is -3.39. The maximum atomic E-state index is 14.2. The van der Waals surface area contributed by atoms with Crippen LogP contribution in [0.2, 0.25) is 0 Å². The van der Waals surface area contributed by atoms with Crippen molar-refractivity contribution in [3.63, 3.8) is 0 Å². The van der Waals surface area contributed by atoms with Crippen LogP contribution >= 0.6 is 0 Å². The monoisotopic (exact) mass is 1060 g/mol. The second kappa shape index (κ2) is 23.5. The summed E-state index contributed by atoms with van der Waals surface area (Å²) in [7, 11) is 0. The van der Waals surface area contributed by atoms with Crippen LogP contribution in [0.15, 0.2) is 23.8 Å². The molecule has 0 bridgehead atoms.